The molecule has 0 saturated heterocycles. The Morgan fingerprint density at radius 2 is 1.90 bits per heavy atom. The van der Waals surface area contributed by atoms with Crippen molar-refractivity contribution in [3.05, 3.63) is 54.0 Å². The van der Waals surface area contributed by atoms with Gasteiger partial charge in [-0.05, 0) is 50.6 Å². The summed E-state index contributed by atoms with van der Waals surface area (Å²) >= 11 is 0. The molecule has 4 heteroatoms. The van der Waals surface area contributed by atoms with E-state index in [1.807, 2.05) is 37.6 Å². The van der Waals surface area contributed by atoms with E-state index in [9.17, 15) is 0 Å². The van der Waals surface area contributed by atoms with E-state index in [-0.39, 0.29) is 5.54 Å². The molecule has 1 N–H and O–H groups in total. The third-order valence-corrected chi connectivity index (χ3v) is 3.15. The van der Waals surface area contributed by atoms with Gasteiger partial charge >= 0.3 is 0 Å². The van der Waals surface area contributed by atoms with Crippen molar-refractivity contribution in [2.24, 2.45) is 0 Å². The minimum absolute atomic E-state index is 0.114. The molecule has 0 aliphatic carbocycles. The average Bonchev–Trinajstić information content (AvgIpc) is 2.46. The second-order valence-corrected chi connectivity index (χ2v) is 6.30. The molecule has 2 heterocycles. The van der Waals surface area contributed by atoms with Crippen LogP contribution < -0.4 is 10.2 Å². The number of aromatic nitrogens is 2. The fourth-order valence-electron chi connectivity index (χ4n) is 1.96. The van der Waals surface area contributed by atoms with Crippen molar-refractivity contribution in [1.29, 1.82) is 0 Å². The first-order valence-electron chi connectivity index (χ1n) is 7.25. The van der Waals surface area contributed by atoms with Gasteiger partial charge in [0.05, 0.1) is 12.2 Å². The minimum Gasteiger partial charge on any atom is -0.354 e. The summed E-state index contributed by atoms with van der Waals surface area (Å²) < 4.78 is 0. The summed E-state index contributed by atoms with van der Waals surface area (Å²) in [6.07, 6.45) is 3.68. The SMILES string of the molecule is CN(Cc1ccccn1)c1cc(CNC(C)(C)C)ccn1. The van der Waals surface area contributed by atoms with Crippen molar-refractivity contribution >= 4 is 5.82 Å². The number of pyridine rings is 2. The molecule has 0 radical (unpaired) electrons. The van der Waals surface area contributed by atoms with Gasteiger partial charge in [0.15, 0.2) is 0 Å². The topological polar surface area (TPSA) is 41.1 Å². The van der Waals surface area contributed by atoms with Gasteiger partial charge in [-0.2, -0.15) is 0 Å². The molecular formula is C17H24N4. The molecule has 0 unspecified atom stereocenters. The molecule has 0 amide bonds. The number of hydrogen-bond acceptors (Lipinski definition) is 4. The van der Waals surface area contributed by atoms with Crippen LogP contribution in [0.4, 0.5) is 5.82 Å². The molecule has 0 aliphatic heterocycles. The molecule has 0 saturated carbocycles. The monoisotopic (exact) mass is 284 g/mol. The summed E-state index contributed by atoms with van der Waals surface area (Å²) in [5.74, 6) is 0.967. The Labute approximate surface area is 127 Å². The maximum Gasteiger partial charge on any atom is 0.128 e. The van der Waals surface area contributed by atoms with Crippen LogP contribution in [0.1, 0.15) is 32.0 Å². The number of hydrogen-bond donors (Lipinski definition) is 1. The van der Waals surface area contributed by atoms with Crippen LogP contribution in [0.25, 0.3) is 0 Å². The van der Waals surface area contributed by atoms with E-state index in [1.165, 1.54) is 5.56 Å². The zero-order valence-electron chi connectivity index (χ0n) is 13.3. The van der Waals surface area contributed by atoms with E-state index in [1.54, 1.807) is 0 Å². The van der Waals surface area contributed by atoms with Gasteiger partial charge in [-0.3, -0.25) is 4.98 Å². The van der Waals surface area contributed by atoms with Crippen LogP contribution in [0.5, 0.6) is 0 Å². The standard InChI is InChI=1S/C17H24N4/c1-17(2,3)20-12-14-8-10-19-16(11-14)21(4)13-15-7-5-6-9-18-15/h5-11,20H,12-13H2,1-4H3. The summed E-state index contributed by atoms with van der Waals surface area (Å²) in [6, 6.07) is 10.1. The van der Waals surface area contributed by atoms with Crippen LogP contribution in [0, 0.1) is 0 Å². The largest absolute Gasteiger partial charge is 0.354 e. The summed E-state index contributed by atoms with van der Waals surface area (Å²) in [7, 11) is 2.04. The highest BCUT2D eigenvalue weighted by Gasteiger charge is 2.10. The second kappa shape index (κ2) is 6.68. The molecule has 0 atom stereocenters. The predicted octanol–water partition coefficient (Wildman–Crippen LogP) is 3.00. The molecule has 4 nitrogen and oxygen atoms in total. The third kappa shape index (κ3) is 5.16. The first kappa shape index (κ1) is 15.4. The van der Waals surface area contributed by atoms with Gasteiger partial charge in [0.2, 0.25) is 0 Å². The van der Waals surface area contributed by atoms with E-state index < -0.39 is 0 Å². The molecule has 2 rings (SSSR count). The highest BCUT2D eigenvalue weighted by Crippen LogP contribution is 2.14. The molecule has 0 fully saturated rings. The Morgan fingerprint density at radius 3 is 2.57 bits per heavy atom. The van der Waals surface area contributed by atoms with E-state index >= 15 is 0 Å². The Bertz CT molecular complexity index is 561. The minimum atomic E-state index is 0.114. The second-order valence-electron chi connectivity index (χ2n) is 6.30. The zero-order chi connectivity index (χ0) is 15.3. The summed E-state index contributed by atoms with van der Waals surface area (Å²) in [5, 5.41) is 3.50. The number of nitrogens with one attached hydrogen (secondary N) is 1. The highest BCUT2D eigenvalue weighted by atomic mass is 15.2. The molecule has 0 aliphatic rings. The van der Waals surface area contributed by atoms with E-state index in [4.69, 9.17) is 0 Å². The van der Waals surface area contributed by atoms with Gasteiger partial charge in [-0.1, -0.05) is 6.07 Å². The summed E-state index contributed by atoms with van der Waals surface area (Å²) in [4.78, 5) is 10.9. The molecule has 2 aromatic heterocycles. The number of nitrogens with zero attached hydrogens (tertiary/aromatic N) is 3. The maximum absolute atomic E-state index is 4.45. The smallest absolute Gasteiger partial charge is 0.128 e. The predicted molar refractivity (Wildman–Crippen MR) is 87.2 cm³/mol. The first-order chi connectivity index (χ1) is 9.94. The number of rotatable bonds is 5. The van der Waals surface area contributed by atoms with Crippen LogP contribution in [0.3, 0.4) is 0 Å². The van der Waals surface area contributed by atoms with Crippen LogP contribution >= 0.6 is 0 Å². The molecule has 0 aromatic carbocycles. The first-order valence-corrected chi connectivity index (χ1v) is 7.25. The lowest BCUT2D eigenvalue weighted by Gasteiger charge is -2.22. The molecule has 0 spiro atoms. The Balaban J connectivity index is 2.03. The van der Waals surface area contributed by atoms with Crippen LogP contribution in [0.2, 0.25) is 0 Å². The zero-order valence-corrected chi connectivity index (χ0v) is 13.3. The Hall–Kier alpha value is -1.94. The van der Waals surface area contributed by atoms with Crippen molar-refractivity contribution in [1.82, 2.24) is 15.3 Å². The lowest BCUT2D eigenvalue weighted by molar-refractivity contribution is 0.424. The molecule has 2 aromatic rings. The van der Waals surface area contributed by atoms with Gasteiger partial charge in [0.1, 0.15) is 5.82 Å². The van der Waals surface area contributed by atoms with Crippen LogP contribution in [-0.4, -0.2) is 22.6 Å². The van der Waals surface area contributed by atoms with E-state index in [2.05, 4.69) is 53.1 Å². The van der Waals surface area contributed by atoms with Crippen molar-refractivity contribution in [2.75, 3.05) is 11.9 Å². The average molecular weight is 284 g/mol. The Morgan fingerprint density at radius 1 is 1.10 bits per heavy atom. The van der Waals surface area contributed by atoms with Gasteiger partial charge in [-0.15, -0.1) is 0 Å². The highest BCUT2D eigenvalue weighted by molar-refractivity contribution is 5.40. The van der Waals surface area contributed by atoms with Crippen LogP contribution in [0.15, 0.2) is 42.7 Å². The maximum atomic E-state index is 4.45. The Kier molecular flexibility index (Phi) is 4.91. The van der Waals surface area contributed by atoms with E-state index in [0.717, 1.165) is 24.6 Å². The normalized spacial score (nSPS) is 11.4. The molecular weight excluding hydrogens is 260 g/mol. The lowest BCUT2D eigenvalue weighted by atomic mass is 10.1. The van der Waals surface area contributed by atoms with Gasteiger partial charge in [0, 0.05) is 31.5 Å². The van der Waals surface area contributed by atoms with Gasteiger partial charge in [0.25, 0.3) is 0 Å². The lowest BCUT2D eigenvalue weighted by Crippen LogP contribution is -2.35. The third-order valence-electron chi connectivity index (χ3n) is 3.15. The fraction of sp³-hybridized carbons (Fsp3) is 0.412. The van der Waals surface area contributed by atoms with Crippen molar-refractivity contribution in [2.45, 2.75) is 39.4 Å². The van der Waals surface area contributed by atoms with E-state index in [0.29, 0.717) is 0 Å². The molecule has 112 valence electrons. The van der Waals surface area contributed by atoms with Crippen molar-refractivity contribution < 1.29 is 0 Å². The van der Waals surface area contributed by atoms with Crippen molar-refractivity contribution in [3.8, 4) is 0 Å². The van der Waals surface area contributed by atoms with Crippen LogP contribution in [-0.2, 0) is 13.1 Å². The van der Waals surface area contributed by atoms with Gasteiger partial charge in [-0.25, -0.2) is 4.98 Å². The summed E-state index contributed by atoms with van der Waals surface area (Å²) in [6.45, 7) is 8.10. The van der Waals surface area contributed by atoms with Crippen molar-refractivity contribution in [3.63, 3.8) is 0 Å². The fourth-order valence-corrected chi connectivity index (χ4v) is 1.96. The molecule has 0 bridgehead atoms. The summed E-state index contributed by atoms with van der Waals surface area (Å²) in [5.41, 5.74) is 2.39. The molecule has 21 heavy (non-hydrogen) atoms. The number of anilines is 1. The van der Waals surface area contributed by atoms with Gasteiger partial charge < -0.3 is 10.2 Å². The quantitative estimate of drug-likeness (QED) is 0.916.